The van der Waals surface area contributed by atoms with Crippen molar-refractivity contribution in [2.75, 3.05) is 32.7 Å². The summed E-state index contributed by atoms with van der Waals surface area (Å²) in [5, 5.41) is 6.21. The Labute approximate surface area is 126 Å². The molecule has 0 aromatic heterocycles. The van der Waals surface area contributed by atoms with Crippen LogP contribution in [-0.4, -0.2) is 65.5 Å². The molecule has 0 aliphatic carbocycles. The first kappa shape index (κ1) is 14.8. The van der Waals surface area contributed by atoms with E-state index in [-0.39, 0.29) is 17.5 Å². The van der Waals surface area contributed by atoms with E-state index in [1.807, 2.05) is 0 Å². The van der Waals surface area contributed by atoms with Gasteiger partial charge in [0.2, 0.25) is 0 Å². The van der Waals surface area contributed by atoms with Gasteiger partial charge in [-0.05, 0) is 46.1 Å². The molecule has 3 heterocycles. The standard InChI is InChI=1S/C15H26N4O2/c1-14(2)12(20)19(13(21)17-14)6-5-18-9-10-7-16-8-11(10)15(18,3)4/h10-11,16H,5-9H2,1-4H3,(H,17,21). The van der Waals surface area contributed by atoms with Crippen molar-refractivity contribution in [2.45, 2.75) is 38.8 Å². The number of hydrogen-bond donors (Lipinski definition) is 2. The van der Waals surface area contributed by atoms with Crippen molar-refractivity contribution in [1.82, 2.24) is 20.4 Å². The van der Waals surface area contributed by atoms with Crippen LogP contribution in [0.4, 0.5) is 4.79 Å². The molecule has 2 unspecified atom stereocenters. The van der Waals surface area contributed by atoms with E-state index in [1.165, 1.54) is 4.90 Å². The van der Waals surface area contributed by atoms with Gasteiger partial charge in [-0.1, -0.05) is 0 Å². The predicted octanol–water partition coefficient (Wildman–Crippen LogP) is 0.247. The zero-order valence-corrected chi connectivity index (χ0v) is 13.4. The molecule has 21 heavy (non-hydrogen) atoms. The van der Waals surface area contributed by atoms with E-state index >= 15 is 0 Å². The molecule has 0 radical (unpaired) electrons. The Morgan fingerprint density at radius 1 is 1.14 bits per heavy atom. The number of carbonyl (C=O) groups excluding carboxylic acids is 2. The number of likely N-dealkylation sites (tertiary alicyclic amines) is 1. The molecule has 0 aromatic rings. The van der Waals surface area contributed by atoms with Crippen molar-refractivity contribution in [3.63, 3.8) is 0 Å². The third kappa shape index (κ3) is 2.25. The minimum atomic E-state index is -0.766. The quantitative estimate of drug-likeness (QED) is 0.732. The van der Waals surface area contributed by atoms with Gasteiger partial charge >= 0.3 is 6.03 Å². The van der Waals surface area contributed by atoms with E-state index in [1.54, 1.807) is 13.8 Å². The molecular weight excluding hydrogens is 268 g/mol. The molecule has 6 heteroatoms. The van der Waals surface area contributed by atoms with Crippen LogP contribution in [0.5, 0.6) is 0 Å². The number of nitrogens with one attached hydrogen (secondary N) is 2. The van der Waals surface area contributed by atoms with E-state index in [0.29, 0.717) is 18.4 Å². The largest absolute Gasteiger partial charge is 0.325 e. The van der Waals surface area contributed by atoms with Crippen LogP contribution in [0.3, 0.4) is 0 Å². The molecule has 0 bridgehead atoms. The lowest BCUT2D eigenvalue weighted by molar-refractivity contribution is -0.130. The zero-order chi connectivity index (χ0) is 15.4. The van der Waals surface area contributed by atoms with E-state index in [4.69, 9.17) is 0 Å². The Kier molecular flexibility index (Phi) is 3.29. The van der Waals surface area contributed by atoms with E-state index in [0.717, 1.165) is 26.2 Å². The van der Waals surface area contributed by atoms with Gasteiger partial charge < -0.3 is 10.6 Å². The first-order chi connectivity index (χ1) is 9.73. The molecule has 118 valence electrons. The highest BCUT2D eigenvalue weighted by molar-refractivity contribution is 6.06. The summed E-state index contributed by atoms with van der Waals surface area (Å²) in [6, 6.07) is -0.260. The van der Waals surface area contributed by atoms with Gasteiger partial charge in [0, 0.05) is 31.7 Å². The van der Waals surface area contributed by atoms with Gasteiger partial charge in [-0.25, -0.2) is 4.79 Å². The molecule has 2 N–H and O–H groups in total. The summed E-state index contributed by atoms with van der Waals surface area (Å²) < 4.78 is 0. The Bertz CT molecular complexity index is 474. The topological polar surface area (TPSA) is 64.7 Å². The van der Waals surface area contributed by atoms with Crippen molar-refractivity contribution >= 4 is 11.9 Å². The minimum Gasteiger partial charge on any atom is -0.324 e. The lowest BCUT2D eigenvalue weighted by Gasteiger charge is -2.36. The number of carbonyl (C=O) groups is 2. The summed E-state index contributed by atoms with van der Waals surface area (Å²) in [6.45, 7) is 12.5. The molecule has 0 aromatic carbocycles. The molecule has 2 atom stereocenters. The SMILES string of the molecule is CC1(C)NC(=O)N(CCN2CC3CNCC3C2(C)C)C1=O. The van der Waals surface area contributed by atoms with E-state index in [2.05, 4.69) is 29.4 Å². The second-order valence-corrected chi connectivity index (χ2v) is 7.64. The number of hydrogen-bond acceptors (Lipinski definition) is 4. The Morgan fingerprint density at radius 2 is 1.86 bits per heavy atom. The van der Waals surface area contributed by atoms with Crippen LogP contribution in [0, 0.1) is 11.8 Å². The van der Waals surface area contributed by atoms with Crippen LogP contribution >= 0.6 is 0 Å². The summed E-state index contributed by atoms with van der Waals surface area (Å²) in [6.07, 6.45) is 0. The van der Waals surface area contributed by atoms with Crippen molar-refractivity contribution in [3.05, 3.63) is 0 Å². The van der Waals surface area contributed by atoms with Gasteiger partial charge in [-0.3, -0.25) is 14.6 Å². The second kappa shape index (κ2) is 4.68. The normalized spacial score (nSPS) is 34.4. The maximum Gasteiger partial charge on any atom is 0.325 e. The fraction of sp³-hybridized carbons (Fsp3) is 0.867. The third-order valence-corrected chi connectivity index (χ3v) is 5.56. The summed E-state index contributed by atoms with van der Waals surface area (Å²) in [7, 11) is 0. The predicted molar refractivity (Wildman–Crippen MR) is 79.8 cm³/mol. The molecule has 0 spiro atoms. The summed E-state index contributed by atoms with van der Waals surface area (Å²) in [4.78, 5) is 27.9. The molecule has 3 aliphatic heterocycles. The van der Waals surface area contributed by atoms with Gasteiger partial charge in [0.15, 0.2) is 0 Å². The Balaban J connectivity index is 1.64. The van der Waals surface area contributed by atoms with Crippen molar-refractivity contribution < 1.29 is 9.59 Å². The van der Waals surface area contributed by atoms with Crippen LogP contribution in [0.1, 0.15) is 27.7 Å². The average Bonchev–Trinajstić information content (AvgIpc) is 2.97. The van der Waals surface area contributed by atoms with Crippen LogP contribution in [0.15, 0.2) is 0 Å². The number of urea groups is 1. The number of fused-ring (bicyclic) bond motifs is 1. The van der Waals surface area contributed by atoms with Crippen LogP contribution in [0.2, 0.25) is 0 Å². The molecule has 3 amide bonds. The zero-order valence-electron chi connectivity index (χ0n) is 13.4. The highest BCUT2D eigenvalue weighted by Gasteiger charge is 2.50. The first-order valence-electron chi connectivity index (χ1n) is 7.83. The molecule has 3 saturated heterocycles. The lowest BCUT2D eigenvalue weighted by atomic mass is 9.85. The first-order valence-corrected chi connectivity index (χ1v) is 7.83. The van der Waals surface area contributed by atoms with E-state index in [9.17, 15) is 9.59 Å². The molecule has 0 saturated carbocycles. The minimum absolute atomic E-state index is 0.119. The highest BCUT2D eigenvalue weighted by Crippen LogP contribution is 2.40. The fourth-order valence-electron chi connectivity index (χ4n) is 4.13. The highest BCUT2D eigenvalue weighted by atomic mass is 16.2. The second-order valence-electron chi connectivity index (χ2n) is 7.64. The van der Waals surface area contributed by atoms with Gasteiger partial charge in [0.05, 0.1) is 0 Å². The molecule has 3 aliphatic rings. The van der Waals surface area contributed by atoms with E-state index < -0.39 is 5.54 Å². The van der Waals surface area contributed by atoms with Gasteiger partial charge in [-0.2, -0.15) is 0 Å². The number of rotatable bonds is 3. The Hall–Kier alpha value is -1.14. The molecule has 6 nitrogen and oxygen atoms in total. The monoisotopic (exact) mass is 294 g/mol. The smallest absolute Gasteiger partial charge is 0.324 e. The maximum absolute atomic E-state index is 12.2. The van der Waals surface area contributed by atoms with Crippen LogP contribution < -0.4 is 10.6 Å². The van der Waals surface area contributed by atoms with Gasteiger partial charge in [0.25, 0.3) is 5.91 Å². The molecular formula is C15H26N4O2. The van der Waals surface area contributed by atoms with Gasteiger partial charge in [0.1, 0.15) is 5.54 Å². The molecule has 3 rings (SSSR count). The summed E-state index contributed by atoms with van der Waals surface area (Å²) >= 11 is 0. The van der Waals surface area contributed by atoms with Crippen LogP contribution in [-0.2, 0) is 4.79 Å². The summed E-state index contributed by atoms with van der Waals surface area (Å²) in [5.74, 6) is 1.24. The van der Waals surface area contributed by atoms with Crippen LogP contribution in [0.25, 0.3) is 0 Å². The maximum atomic E-state index is 12.2. The Morgan fingerprint density at radius 3 is 2.43 bits per heavy atom. The van der Waals surface area contributed by atoms with Crippen molar-refractivity contribution in [2.24, 2.45) is 11.8 Å². The fourth-order valence-corrected chi connectivity index (χ4v) is 4.13. The number of imide groups is 1. The summed E-state index contributed by atoms with van der Waals surface area (Å²) in [5.41, 5.74) is -0.638. The number of nitrogens with zero attached hydrogens (tertiary/aromatic N) is 2. The third-order valence-electron chi connectivity index (χ3n) is 5.56. The lowest BCUT2D eigenvalue weighted by Crippen LogP contribution is -2.48. The van der Waals surface area contributed by atoms with Crippen molar-refractivity contribution in [1.29, 1.82) is 0 Å². The molecule has 3 fully saturated rings. The average molecular weight is 294 g/mol. The number of amides is 3. The van der Waals surface area contributed by atoms with Gasteiger partial charge in [-0.15, -0.1) is 0 Å². The van der Waals surface area contributed by atoms with Crippen molar-refractivity contribution in [3.8, 4) is 0 Å².